The van der Waals surface area contributed by atoms with Gasteiger partial charge in [0.2, 0.25) is 0 Å². The first-order valence-corrected chi connectivity index (χ1v) is 6.89. The average molecular weight is 261 g/mol. The molecule has 19 heavy (non-hydrogen) atoms. The molecular weight excluding hydrogens is 242 g/mol. The van der Waals surface area contributed by atoms with Gasteiger partial charge in [-0.05, 0) is 18.1 Å². The summed E-state index contributed by atoms with van der Waals surface area (Å²) in [6.45, 7) is 2.84. The van der Waals surface area contributed by atoms with Crippen LogP contribution >= 0.6 is 0 Å². The lowest BCUT2D eigenvalue weighted by Crippen LogP contribution is -2.17. The molecule has 1 aromatic rings. The van der Waals surface area contributed by atoms with Crippen LogP contribution < -0.4 is 5.32 Å². The maximum Gasteiger partial charge on any atom is 0.306 e. The summed E-state index contributed by atoms with van der Waals surface area (Å²) in [7, 11) is 0. The minimum Gasteiger partial charge on any atom is -0.465 e. The van der Waals surface area contributed by atoms with Crippen molar-refractivity contribution >= 4 is 11.7 Å². The van der Waals surface area contributed by atoms with Crippen molar-refractivity contribution in [2.75, 3.05) is 31.7 Å². The molecule has 2 aliphatic heterocycles. The Hall–Kier alpha value is -1.55. The Balaban J connectivity index is 1.50. The van der Waals surface area contributed by atoms with E-state index in [0.717, 1.165) is 31.9 Å². The van der Waals surface area contributed by atoms with E-state index >= 15 is 0 Å². The van der Waals surface area contributed by atoms with Crippen molar-refractivity contribution in [3.8, 4) is 0 Å². The monoisotopic (exact) mass is 261 g/mol. The average Bonchev–Trinajstić information content (AvgIpc) is 3.07. The van der Waals surface area contributed by atoms with Gasteiger partial charge in [-0.2, -0.15) is 0 Å². The van der Waals surface area contributed by atoms with E-state index in [1.165, 1.54) is 5.56 Å². The molecule has 2 heterocycles. The summed E-state index contributed by atoms with van der Waals surface area (Å²) in [5.74, 6) is 0.525. The van der Waals surface area contributed by atoms with E-state index in [2.05, 4.69) is 17.4 Å². The van der Waals surface area contributed by atoms with Gasteiger partial charge in [0, 0.05) is 30.7 Å². The SMILES string of the molecule is O=C(CC1CNc2ccccc21)OCC1CCOC1. The van der Waals surface area contributed by atoms with Crippen LogP contribution in [0.2, 0.25) is 0 Å². The molecule has 0 aliphatic carbocycles. The molecule has 1 N–H and O–H groups in total. The molecular formula is C15H19NO3. The van der Waals surface area contributed by atoms with Crippen molar-refractivity contribution in [2.24, 2.45) is 5.92 Å². The van der Waals surface area contributed by atoms with Gasteiger partial charge in [0.1, 0.15) is 0 Å². The molecule has 2 aliphatic rings. The first-order chi connectivity index (χ1) is 9.33. The Morgan fingerprint density at radius 1 is 1.42 bits per heavy atom. The quantitative estimate of drug-likeness (QED) is 0.844. The second-order valence-corrected chi connectivity index (χ2v) is 5.28. The van der Waals surface area contributed by atoms with Gasteiger partial charge >= 0.3 is 5.97 Å². The van der Waals surface area contributed by atoms with Crippen LogP contribution in [0.5, 0.6) is 0 Å². The van der Waals surface area contributed by atoms with Crippen LogP contribution in [-0.4, -0.2) is 32.3 Å². The Kier molecular flexibility index (Phi) is 3.69. The second-order valence-electron chi connectivity index (χ2n) is 5.28. The Morgan fingerprint density at radius 2 is 2.32 bits per heavy atom. The predicted molar refractivity (Wildman–Crippen MR) is 72.2 cm³/mol. The number of rotatable bonds is 4. The third kappa shape index (κ3) is 2.89. The summed E-state index contributed by atoms with van der Waals surface area (Å²) in [6.07, 6.45) is 1.46. The van der Waals surface area contributed by atoms with E-state index in [-0.39, 0.29) is 11.9 Å². The number of para-hydroxylation sites is 1. The van der Waals surface area contributed by atoms with Crippen LogP contribution in [0.25, 0.3) is 0 Å². The van der Waals surface area contributed by atoms with Gasteiger partial charge < -0.3 is 14.8 Å². The van der Waals surface area contributed by atoms with Gasteiger partial charge in [-0.1, -0.05) is 18.2 Å². The third-order valence-corrected chi connectivity index (χ3v) is 3.86. The molecule has 2 unspecified atom stereocenters. The van der Waals surface area contributed by atoms with E-state index in [0.29, 0.717) is 18.9 Å². The van der Waals surface area contributed by atoms with Crippen LogP contribution in [0, 0.1) is 5.92 Å². The number of hydrogen-bond acceptors (Lipinski definition) is 4. The van der Waals surface area contributed by atoms with Gasteiger partial charge in [-0.25, -0.2) is 0 Å². The van der Waals surface area contributed by atoms with Gasteiger partial charge in [-0.3, -0.25) is 4.79 Å². The zero-order chi connectivity index (χ0) is 13.1. The number of anilines is 1. The minimum atomic E-state index is -0.101. The highest BCUT2D eigenvalue weighted by Crippen LogP contribution is 2.33. The molecule has 0 bridgehead atoms. The number of fused-ring (bicyclic) bond motifs is 1. The fraction of sp³-hybridized carbons (Fsp3) is 0.533. The van der Waals surface area contributed by atoms with Crippen LogP contribution in [0.3, 0.4) is 0 Å². The minimum absolute atomic E-state index is 0.101. The number of nitrogens with one attached hydrogen (secondary N) is 1. The van der Waals surface area contributed by atoms with Crippen molar-refractivity contribution in [2.45, 2.75) is 18.8 Å². The Morgan fingerprint density at radius 3 is 3.16 bits per heavy atom. The number of carbonyl (C=O) groups excluding carboxylic acids is 1. The lowest BCUT2D eigenvalue weighted by Gasteiger charge is -2.12. The summed E-state index contributed by atoms with van der Waals surface area (Å²) >= 11 is 0. The summed E-state index contributed by atoms with van der Waals surface area (Å²) < 4.78 is 10.6. The van der Waals surface area contributed by atoms with Gasteiger partial charge in [-0.15, -0.1) is 0 Å². The molecule has 1 saturated heterocycles. The Labute approximate surface area is 113 Å². The lowest BCUT2D eigenvalue weighted by atomic mass is 9.98. The predicted octanol–water partition coefficient (Wildman–Crippen LogP) is 2.17. The van der Waals surface area contributed by atoms with Crippen LogP contribution in [-0.2, 0) is 14.3 Å². The molecule has 0 aromatic heterocycles. The van der Waals surface area contributed by atoms with E-state index in [1.54, 1.807) is 0 Å². The van der Waals surface area contributed by atoms with Crippen molar-refractivity contribution in [3.63, 3.8) is 0 Å². The second kappa shape index (κ2) is 5.61. The molecule has 1 aromatic carbocycles. The molecule has 4 nitrogen and oxygen atoms in total. The summed E-state index contributed by atoms with van der Waals surface area (Å²) in [4.78, 5) is 11.9. The topological polar surface area (TPSA) is 47.6 Å². The van der Waals surface area contributed by atoms with Gasteiger partial charge in [0.05, 0.1) is 19.6 Å². The zero-order valence-corrected chi connectivity index (χ0v) is 10.9. The first-order valence-electron chi connectivity index (χ1n) is 6.89. The number of benzene rings is 1. The van der Waals surface area contributed by atoms with Gasteiger partial charge in [0.15, 0.2) is 0 Å². The smallest absolute Gasteiger partial charge is 0.306 e. The van der Waals surface area contributed by atoms with E-state index < -0.39 is 0 Å². The fourth-order valence-corrected chi connectivity index (χ4v) is 2.72. The van der Waals surface area contributed by atoms with E-state index in [1.807, 2.05) is 12.1 Å². The normalized spacial score (nSPS) is 24.8. The highest BCUT2D eigenvalue weighted by atomic mass is 16.5. The molecule has 3 rings (SSSR count). The first kappa shape index (κ1) is 12.5. The molecule has 0 saturated carbocycles. The highest BCUT2D eigenvalue weighted by Gasteiger charge is 2.25. The van der Waals surface area contributed by atoms with E-state index in [9.17, 15) is 4.79 Å². The van der Waals surface area contributed by atoms with Crippen molar-refractivity contribution in [1.82, 2.24) is 0 Å². The third-order valence-electron chi connectivity index (χ3n) is 3.86. The lowest BCUT2D eigenvalue weighted by molar-refractivity contribution is -0.145. The summed E-state index contributed by atoms with van der Waals surface area (Å²) in [5.41, 5.74) is 2.37. The molecule has 0 spiro atoms. The molecule has 1 fully saturated rings. The molecule has 4 heteroatoms. The number of carbonyl (C=O) groups is 1. The number of esters is 1. The summed E-state index contributed by atoms with van der Waals surface area (Å²) in [6, 6.07) is 8.15. The fourth-order valence-electron chi connectivity index (χ4n) is 2.72. The van der Waals surface area contributed by atoms with Crippen molar-refractivity contribution in [1.29, 1.82) is 0 Å². The maximum absolute atomic E-state index is 11.9. The summed E-state index contributed by atoms with van der Waals surface area (Å²) in [5, 5.41) is 3.32. The molecule has 0 radical (unpaired) electrons. The van der Waals surface area contributed by atoms with Crippen molar-refractivity contribution < 1.29 is 14.3 Å². The number of ether oxygens (including phenoxy) is 2. The molecule has 0 amide bonds. The van der Waals surface area contributed by atoms with E-state index in [4.69, 9.17) is 9.47 Å². The molecule has 102 valence electrons. The van der Waals surface area contributed by atoms with Crippen LogP contribution in [0.1, 0.15) is 24.3 Å². The number of hydrogen-bond donors (Lipinski definition) is 1. The standard InChI is InChI=1S/C15H19NO3/c17-15(19-10-11-5-6-18-9-11)7-12-8-16-14-4-2-1-3-13(12)14/h1-4,11-12,16H,5-10H2. The van der Waals surface area contributed by atoms with Gasteiger partial charge in [0.25, 0.3) is 0 Å². The highest BCUT2D eigenvalue weighted by molar-refractivity contribution is 5.72. The largest absolute Gasteiger partial charge is 0.465 e. The van der Waals surface area contributed by atoms with Crippen LogP contribution in [0.15, 0.2) is 24.3 Å². The maximum atomic E-state index is 11.9. The molecule has 2 atom stereocenters. The van der Waals surface area contributed by atoms with Crippen LogP contribution in [0.4, 0.5) is 5.69 Å². The Bertz CT molecular complexity index is 454. The zero-order valence-electron chi connectivity index (χ0n) is 10.9. The van der Waals surface area contributed by atoms with Crippen molar-refractivity contribution in [3.05, 3.63) is 29.8 Å².